The normalized spacial score (nSPS) is 11.5. The van der Waals surface area contributed by atoms with Gasteiger partial charge in [0, 0.05) is 22.2 Å². The van der Waals surface area contributed by atoms with E-state index in [0.717, 1.165) is 4.88 Å². The molecule has 2 rings (SSSR count). The second-order valence-corrected chi connectivity index (χ2v) is 6.62. The number of primary sulfonamides is 1. The second-order valence-electron chi connectivity index (χ2n) is 4.06. The molecule has 0 aliphatic carbocycles. The lowest BCUT2D eigenvalue weighted by atomic mass is 10.2. The molecule has 0 saturated heterocycles. The lowest BCUT2D eigenvalue weighted by Crippen LogP contribution is -2.14. The van der Waals surface area contributed by atoms with Gasteiger partial charge in [0.05, 0.1) is 4.90 Å². The molecule has 0 amide bonds. The van der Waals surface area contributed by atoms with Gasteiger partial charge >= 0.3 is 0 Å². The van der Waals surface area contributed by atoms with Gasteiger partial charge in [-0.15, -0.1) is 11.3 Å². The van der Waals surface area contributed by atoms with Gasteiger partial charge in [0.2, 0.25) is 10.0 Å². The maximum Gasteiger partial charge on any atom is 0.238 e. The maximum atomic E-state index is 11.5. The van der Waals surface area contributed by atoms with E-state index in [1.165, 1.54) is 6.07 Å². The fourth-order valence-electron chi connectivity index (χ4n) is 1.67. The lowest BCUT2D eigenvalue weighted by molar-refractivity contribution is 0.307. The molecule has 19 heavy (non-hydrogen) atoms. The Morgan fingerprint density at radius 1 is 1.37 bits per heavy atom. The molecule has 1 aromatic heterocycles. The molecule has 0 bridgehead atoms. The molecule has 0 fully saturated rings. The molecule has 102 valence electrons. The number of rotatable bonds is 4. The first-order chi connectivity index (χ1) is 8.88. The maximum absolute atomic E-state index is 11.5. The third-order valence-corrected chi connectivity index (χ3v) is 4.48. The van der Waals surface area contributed by atoms with Crippen molar-refractivity contribution in [3.05, 3.63) is 40.1 Å². The summed E-state index contributed by atoms with van der Waals surface area (Å²) in [5.74, 6) is 0.428. The van der Waals surface area contributed by atoms with Crippen molar-refractivity contribution in [2.75, 3.05) is 5.73 Å². The third-order valence-electron chi connectivity index (χ3n) is 2.59. The van der Waals surface area contributed by atoms with Gasteiger partial charge in [-0.25, -0.2) is 13.6 Å². The largest absolute Gasteiger partial charge is 0.488 e. The zero-order valence-corrected chi connectivity index (χ0v) is 11.9. The van der Waals surface area contributed by atoms with Gasteiger partial charge in [0.15, 0.2) is 0 Å². The number of thiophene rings is 1. The van der Waals surface area contributed by atoms with Crippen LogP contribution < -0.4 is 15.6 Å². The smallest absolute Gasteiger partial charge is 0.238 e. The fraction of sp³-hybridized carbons (Fsp3) is 0.167. The van der Waals surface area contributed by atoms with E-state index in [-0.39, 0.29) is 4.90 Å². The summed E-state index contributed by atoms with van der Waals surface area (Å²) in [4.78, 5) is 1.03. The Kier molecular flexibility index (Phi) is 3.79. The standard InChI is InChI=1S/C12H14N2O3S2/c1-8-11(17-7-10-3-2-4-18-10)5-9(13)6-12(8)19(14,15)16/h2-6H,7,13H2,1H3,(H2,14,15,16). The molecule has 0 unspecified atom stereocenters. The van der Waals surface area contributed by atoms with E-state index in [9.17, 15) is 8.42 Å². The molecule has 1 heterocycles. The Labute approximate surface area is 115 Å². The van der Waals surface area contributed by atoms with E-state index in [2.05, 4.69) is 0 Å². The predicted molar refractivity (Wildman–Crippen MR) is 75.6 cm³/mol. The van der Waals surface area contributed by atoms with Crippen LogP contribution in [0.1, 0.15) is 10.4 Å². The molecular formula is C12H14N2O3S2. The van der Waals surface area contributed by atoms with Crippen molar-refractivity contribution >= 4 is 27.0 Å². The van der Waals surface area contributed by atoms with Gasteiger partial charge in [-0.3, -0.25) is 0 Å². The summed E-state index contributed by atoms with van der Waals surface area (Å²) >= 11 is 1.56. The Bertz CT molecular complexity index is 679. The van der Waals surface area contributed by atoms with Crippen LogP contribution in [-0.4, -0.2) is 8.42 Å². The molecule has 1 aromatic carbocycles. The quantitative estimate of drug-likeness (QED) is 0.842. The van der Waals surface area contributed by atoms with Crippen molar-refractivity contribution in [2.45, 2.75) is 18.4 Å². The van der Waals surface area contributed by atoms with Crippen LogP contribution in [0.15, 0.2) is 34.5 Å². The van der Waals surface area contributed by atoms with Gasteiger partial charge in [0.25, 0.3) is 0 Å². The highest BCUT2D eigenvalue weighted by Gasteiger charge is 2.16. The third kappa shape index (κ3) is 3.25. The van der Waals surface area contributed by atoms with E-state index in [1.54, 1.807) is 24.3 Å². The minimum Gasteiger partial charge on any atom is -0.488 e. The molecule has 0 spiro atoms. The summed E-state index contributed by atoms with van der Waals surface area (Å²) in [7, 11) is -3.81. The van der Waals surface area contributed by atoms with Crippen molar-refractivity contribution in [1.29, 1.82) is 0 Å². The second kappa shape index (κ2) is 5.20. The number of hydrogen-bond donors (Lipinski definition) is 2. The molecule has 4 N–H and O–H groups in total. The van der Waals surface area contributed by atoms with Crippen LogP contribution in [0.25, 0.3) is 0 Å². The SMILES string of the molecule is Cc1c(OCc2cccs2)cc(N)cc1S(N)(=O)=O. The van der Waals surface area contributed by atoms with Gasteiger partial charge in [-0.1, -0.05) is 6.07 Å². The van der Waals surface area contributed by atoms with Crippen LogP contribution in [-0.2, 0) is 16.6 Å². The summed E-state index contributed by atoms with van der Waals surface area (Å²) in [5.41, 5.74) is 6.44. The van der Waals surface area contributed by atoms with Crippen molar-refractivity contribution in [2.24, 2.45) is 5.14 Å². The molecular weight excluding hydrogens is 284 g/mol. The minimum atomic E-state index is -3.81. The van der Waals surface area contributed by atoms with Crippen LogP contribution in [0.2, 0.25) is 0 Å². The first-order valence-corrected chi connectivity index (χ1v) is 7.88. The highest BCUT2D eigenvalue weighted by atomic mass is 32.2. The average molecular weight is 298 g/mol. The summed E-state index contributed by atoms with van der Waals surface area (Å²) in [6.07, 6.45) is 0. The van der Waals surface area contributed by atoms with Gasteiger partial charge in [-0.05, 0) is 24.4 Å². The van der Waals surface area contributed by atoms with Crippen molar-refractivity contribution < 1.29 is 13.2 Å². The Balaban J connectivity index is 2.33. The zero-order chi connectivity index (χ0) is 14.0. The molecule has 2 aromatic rings. The van der Waals surface area contributed by atoms with E-state index >= 15 is 0 Å². The van der Waals surface area contributed by atoms with Crippen molar-refractivity contribution in [3.63, 3.8) is 0 Å². The van der Waals surface area contributed by atoms with Crippen LogP contribution in [0.5, 0.6) is 5.75 Å². The van der Waals surface area contributed by atoms with E-state index in [4.69, 9.17) is 15.6 Å². The van der Waals surface area contributed by atoms with Gasteiger partial charge in [-0.2, -0.15) is 0 Å². The fourth-order valence-corrected chi connectivity index (χ4v) is 3.12. The minimum absolute atomic E-state index is 0.00585. The number of anilines is 1. The summed E-state index contributed by atoms with van der Waals surface area (Å²) in [6.45, 7) is 2.01. The highest BCUT2D eigenvalue weighted by Crippen LogP contribution is 2.28. The molecule has 7 heteroatoms. The Hall–Kier alpha value is -1.57. The number of sulfonamides is 1. The number of nitrogen functional groups attached to an aromatic ring is 1. The average Bonchev–Trinajstić information content (AvgIpc) is 2.81. The molecule has 5 nitrogen and oxygen atoms in total. The topological polar surface area (TPSA) is 95.4 Å². The molecule has 0 saturated carbocycles. The van der Waals surface area contributed by atoms with Crippen LogP contribution >= 0.6 is 11.3 Å². The summed E-state index contributed by atoms with van der Waals surface area (Å²) in [6, 6.07) is 6.79. The van der Waals surface area contributed by atoms with E-state index < -0.39 is 10.0 Å². The van der Waals surface area contributed by atoms with Gasteiger partial charge in [0.1, 0.15) is 12.4 Å². The van der Waals surface area contributed by atoms with Crippen molar-refractivity contribution in [3.8, 4) is 5.75 Å². The van der Waals surface area contributed by atoms with E-state index in [1.807, 2.05) is 17.5 Å². The van der Waals surface area contributed by atoms with Crippen molar-refractivity contribution in [1.82, 2.24) is 0 Å². The molecule has 0 aliphatic heterocycles. The molecule has 0 radical (unpaired) electrons. The first kappa shape index (κ1) is 13.9. The first-order valence-electron chi connectivity index (χ1n) is 5.46. The zero-order valence-electron chi connectivity index (χ0n) is 10.3. The monoisotopic (exact) mass is 298 g/mol. The van der Waals surface area contributed by atoms with E-state index in [0.29, 0.717) is 23.6 Å². The predicted octanol–water partition coefficient (Wildman–Crippen LogP) is 1.87. The highest BCUT2D eigenvalue weighted by molar-refractivity contribution is 7.89. The summed E-state index contributed by atoms with van der Waals surface area (Å²) in [5, 5.41) is 7.09. The number of ether oxygens (including phenoxy) is 1. The van der Waals surface area contributed by atoms with Gasteiger partial charge < -0.3 is 10.5 Å². The number of nitrogens with two attached hydrogens (primary N) is 2. The Morgan fingerprint density at radius 2 is 2.11 bits per heavy atom. The number of hydrogen-bond acceptors (Lipinski definition) is 5. The van der Waals surface area contributed by atoms with Crippen LogP contribution in [0.3, 0.4) is 0 Å². The summed E-state index contributed by atoms with van der Waals surface area (Å²) < 4.78 is 28.5. The molecule has 0 aliphatic rings. The van der Waals surface area contributed by atoms with Crippen LogP contribution in [0, 0.1) is 6.92 Å². The lowest BCUT2D eigenvalue weighted by Gasteiger charge is -2.12. The Morgan fingerprint density at radius 3 is 2.68 bits per heavy atom. The number of benzene rings is 1. The van der Waals surface area contributed by atoms with Crippen LogP contribution in [0.4, 0.5) is 5.69 Å². The molecule has 0 atom stereocenters.